The molecule has 0 aliphatic carbocycles. The number of anilines is 1. The van der Waals surface area contributed by atoms with Crippen molar-refractivity contribution in [3.63, 3.8) is 0 Å². The lowest BCUT2D eigenvalue weighted by Crippen LogP contribution is -2.39. The van der Waals surface area contributed by atoms with Crippen LogP contribution in [0.5, 0.6) is 0 Å². The summed E-state index contributed by atoms with van der Waals surface area (Å²) in [6, 6.07) is 7.64. The molecule has 0 aliphatic rings. The lowest BCUT2D eigenvalue weighted by molar-refractivity contribution is 0.205. The maximum absolute atomic E-state index is 12.4. The average Bonchev–Trinajstić information content (AvgIpc) is 2.96. The second-order valence-electron chi connectivity index (χ2n) is 5.49. The molecule has 2 amide bonds. The topological polar surface area (TPSA) is 45.2 Å². The summed E-state index contributed by atoms with van der Waals surface area (Å²) in [7, 11) is 0. The zero-order chi connectivity index (χ0) is 15.9. The first-order valence-electron chi connectivity index (χ1n) is 7.24. The molecule has 0 spiro atoms. The number of hydrogen-bond acceptors (Lipinski definition) is 3. The number of benzene rings is 1. The number of thiazole rings is 1. The minimum Gasteiger partial charge on any atom is -0.324 e. The van der Waals surface area contributed by atoms with Gasteiger partial charge in [-0.2, -0.15) is 0 Å². The van der Waals surface area contributed by atoms with Gasteiger partial charge in [-0.15, -0.1) is 11.3 Å². The quantitative estimate of drug-likeness (QED) is 0.841. The highest BCUT2D eigenvalue weighted by Crippen LogP contribution is 2.14. The Kier molecular flexibility index (Phi) is 6.21. The molecule has 1 heterocycles. The zero-order valence-electron chi connectivity index (χ0n) is 12.8. The van der Waals surface area contributed by atoms with Crippen LogP contribution in [-0.2, 0) is 6.42 Å². The minimum absolute atomic E-state index is 0.106. The van der Waals surface area contributed by atoms with Crippen molar-refractivity contribution in [2.75, 3.05) is 18.4 Å². The number of nitrogens with one attached hydrogen (secondary N) is 1. The molecule has 1 N–H and O–H groups in total. The standard InChI is InChI=1S/C16H20ClN3OS/c1-12(2)11-20(16(21)19-15-18-7-9-22-15)8-6-13-4-3-5-14(17)10-13/h3-5,7,9-10,12H,6,8,11H2,1-2H3,(H,18,19,21). The molecule has 1 aromatic carbocycles. The minimum atomic E-state index is -0.106. The number of aromatic nitrogens is 1. The molecule has 2 aromatic rings. The van der Waals surface area contributed by atoms with Crippen LogP contribution >= 0.6 is 22.9 Å². The highest BCUT2D eigenvalue weighted by atomic mass is 35.5. The van der Waals surface area contributed by atoms with E-state index in [2.05, 4.69) is 24.1 Å². The van der Waals surface area contributed by atoms with Gasteiger partial charge in [0.25, 0.3) is 0 Å². The van der Waals surface area contributed by atoms with Crippen molar-refractivity contribution in [2.45, 2.75) is 20.3 Å². The van der Waals surface area contributed by atoms with E-state index in [0.29, 0.717) is 24.1 Å². The summed E-state index contributed by atoms with van der Waals surface area (Å²) < 4.78 is 0. The van der Waals surface area contributed by atoms with E-state index in [-0.39, 0.29) is 6.03 Å². The van der Waals surface area contributed by atoms with Gasteiger partial charge in [0.1, 0.15) is 0 Å². The van der Waals surface area contributed by atoms with Crippen molar-refractivity contribution in [3.05, 3.63) is 46.4 Å². The number of nitrogens with zero attached hydrogens (tertiary/aromatic N) is 2. The van der Waals surface area contributed by atoms with Gasteiger partial charge in [-0.3, -0.25) is 5.32 Å². The number of rotatable bonds is 6. The molecule has 0 saturated carbocycles. The number of urea groups is 1. The molecule has 0 fully saturated rings. The SMILES string of the molecule is CC(C)CN(CCc1cccc(Cl)c1)C(=O)Nc1nccs1. The van der Waals surface area contributed by atoms with Crippen LogP contribution in [0.1, 0.15) is 19.4 Å². The van der Waals surface area contributed by atoms with Gasteiger partial charge in [-0.05, 0) is 30.0 Å². The van der Waals surface area contributed by atoms with Gasteiger partial charge in [0, 0.05) is 29.7 Å². The molecule has 0 bridgehead atoms. The second kappa shape index (κ2) is 8.15. The van der Waals surface area contributed by atoms with Gasteiger partial charge in [0.05, 0.1) is 0 Å². The van der Waals surface area contributed by atoms with Crippen LogP contribution in [0.15, 0.2) is 35.8 Å². The summed E-state index contributed by atoms with van der Waals surface area (Å²) in [6.45, 7) is 5.56. The summed E-state index contributed by atoms with van der Waals surface area (Å²) in [5, 5.41) is 6.03. The van der Waals surface area contributed by atoms with Gasteiger partial charge in [-0.25, -0.2) is 9.78 Å². The molecule has 0 aliphatic heterocycles. The Bertz CT molecular complexity index is 601. The molecule has 0 saturated heterocycles. The number of halogens is 1. The van der Waals surface area contributed by atoms with Crippen LogP contribution in [0.4, 0.5) is 9.93 Å². The first-order chi connectivity index (χ1) is 10.5. The molecule has 0 atom stereocenters. The second-order valence-corrected chi connectivity index (χ2v) is 6.82. The summed E-state index contributed by atoms with van der Waals surface area (Å²) in [6.07, 6.45) is 2.46. The Morgan fingerprint density at radius 3 is 2.91 bits per heavy atom. The molecule has 0 radical (unpaired) electrons. The largest absolute Gasteiger partial charge is 0.324 e. The van der Waals surface area contributed by atoms with Crippen LogP contribution in [0.2, 0.25) is 5.02 Å². The molecule has 118 valence electrons. The molecular weight excluding hydrogens is 318 g/mol. The Morgan fingerprint density at radius 1 is 1.45 bits per heavy atom. The third-order valence-corrected chi connectivity index (χ3v) is 4.00. The van der Waals surface area contributed by atoms with Crippen LogP contribution in [0, 0.1) is 5.92 Å². The Labute approximate surface area is 140 Å². The first kappa shape index (κ1) is 16.8. The van der Waals surface area contributed by atoms with Crippen LogP contribution in [0.25, 0.3) is 0 Å². The van der Waals surface area contributed by atoms with Gasteiger partial charge in [0.2, 0.25) is 0 Å². The lowest BCUT2D eigenvalue weighted by Gasteiger charge is -2.24. The fourth-order valence-corrected chi connectivity index (χ4v) is 2.86. The fraction of sp³-hybridized carbons (Fsp3) is 0.375. The number of carbonyl (C=O) groups is 1. The van der Waals surface area contributed by atoms with Crippen molar-refractivity contribution in [3.8, 4) is 0 Å². The van der Waals surface area contributed by atoms with Crippen molar-refractivity contribution >= 4 is 34.1 Å². The summed E-state index contributed by atoms with van der Waals surface area (Å²) >= 11 is 7.42. The van der Waals surface area contributed by atoms with E-state index in [1.54, 1.807) is 6.20 Å². The van der Waals surface area contributed by atoms with Gasteiger partial charge < -0.3 is 4.90 Å². The molecule has 1 aromatic heterocycles. The van der Waals surface area contributed by atoms with Crippen LogP contribution in [0.3, 0.4) is 0 Å². The van der Waals surface area contributed by atoms with E-state index in [9.17, 15) is 4.79 Å². The van der Waals surface area contributed by atoms with E-state index in [0.717, 1.165) is 17.0 Å². The molecule has 2 rings (SSSR count). The van der Waals surface area contributed by atoms with Gasteiger partial charge in [-0.1, -0.05) is 37.6 Å². The van der Waals surface area contributed by atoms with Gasteiger partial charge >= 0.3 is 6.03 Å². The highest BCUT2D eigenvalue weighted by molar-refractivity contribution is 7.13. The third kappa shape index (κ3) is 5.31. The van der Waals surface area contributed by atoms with Crippen molar-refractivity contribution in [1.29, 1.82) is 0 Å². The van der Waals surface area contributed by atoms with Crippen molar-refractivity contribution in [2.24, 2.45) is 5.92 Å². The smallest absolute Gasteiger partial charge is 0.323 e. The monoisotopic (exact) mass is 337 g/mol. The van der Waals surface area contributed by atoms with E-state index in [4.69, 9.17) is 11.6 Å². The van der Waals surface area contributed by atoms with Crippen LogP contribution < -0.4 is 5.32 Å². The highest BCUT2D eigenvalue weighted by Gasteiger charge is 2.16. The maximum Gasteiger partial charge on any atom is 0.323 e. The molecule has 4 nitrogen and oxygen atoms in total. The van der Waals surface area contributed by atoms with Crippen molar-refractivity contribution < 1.29 is 4.79 Å². The van der Waals surface area contributed by atoms with E-state index in [1.165, 1.54) is 11.3 Å². The molecular formula is C16H20ClN3OS. The molecule has 0 unspecified atom stereocenters. The maximum atomic E-state index is 12.4. The molecule has 6 heteroatoms. The van der Waals surface area contributed by atoms with Crippen LogP contribution in [-0.4, -0.2) is 29.0 Å². The van der Waals surface area contributed by atoms with Crippen molar-refractivity contribution in [1.82, 2.24) is 9.88 Å². The summed E-state index contributed by atoms with van der Waals surface area (Å²) in [4.78, 5) is 18.3. The first-order valence-corrected chi connectivity index (χ1v) is 8.50. The Hall–Kier alpha value is -1.59. The molecule has 22 heavy (non-hydrogen) atoms. The van der Waals surface area contributed by atoms with E-state index < -0.39 is 0 Å². The average molecular weight is 338 g/mol. The zero-order valence-corrected chi connectivity index (χ0v) is 14.3. The predicted molar refractivity (Wildman–Crippen MR) is 92.7 cm³/mol. The fourth-order valence-electron chi connectivity index (χ4n) is 2.13. The normalized spacial score (nSPS) is 10.7. The number of amides is 2. The third-order valence-electron chi connectivity index (χ3n) is 3.08. The van der Waals surface area contributed by atoms with E-state index >= 15 is 0 Å². The Morgan fingerprint density at radius 2 is 2.27 bits per heavy atom. The summed E-state index contributed by atoms with van der Waals surface area (Å²) in [5.41, 5.74) is 1.13. The predicted octanol–water partition coefficient (Wildman–Crippen LogP) is 4.53. The lowest BCUT2D eigenvalue weighted by atomic mass is 10.1. The van der Waals surface area contributed by atoms with E-state index in [1.807, 2.05) is 34.5 Å². The summed E-state index contributed by atoms with van der Waals surface area (Å²) in [5.74, 6) is 0.404. The Balaban J connectivity index is 1.97. The number of carbonyl (C=O) groups excluding carboxylic acids is 1. The number of hydrogen-bond donors (Lipinski definition) is 1. The van der Waals surface area contributed by atoms with Gasteiger partial charge in [0.15, 0.2) is 5.13 Å².